The van der Waals surface area contributed by atoms with Gasteiger partial charge in [-0.25, -0.2) is 14.3 Å². The molecule has 9 nitrogen and oxygen atoms in total. The van der Waals surface area contributed by atoms with Gasteiger partial charge in [-0.3, -0.25) is 9.59 Å². The quantitative estimate of drug-likeness (QED) is 0.638. The largest absolute Gasteiger partial charge is 0.462 e. The van der Waals surface area contributed by atoms with E-state index in [2.05, 4.69) is 10.1 Å². The van der Waals surface area contributed by atoms with E-state index in [-0.39, 0.29) is 29.3 Å². The van der Waals surface area contributed by atoms with Crippen molar-refractivity contribution in [3.8, 4) is 11.3 Å². The molecule has 0 radical (unpaired) electrons. The van der Waals surface area contributed by atoms with Crippen LogP contribution in [-0.2, 0) is 9.53 Å². The minimum Gasteiger partial charge on any atom is -0.462 e. The maximum absolute atomic E-state index is 12.5. The summed E-state index contributed by atoms with van der Waals surface area (Å²) in [7, 11) is 0. The number of amides is 2. The molecule has 0 aliphatic carbocycles. The zero-order chi connectivity index (χ0) is 21.1. The highest BCUT2D eigenvalue weighted by atomic mass is 16.5. The highest BCUT2D eigenvalue weighted by Gasteiger charge is 2.22. The number of anilines is 1. The predicted molar refractivity (Wildman–Crippen MR) is 107 cm³/mol. The summed E-state index contributed by atoms with van der Waals surface area (Å²) in [4.78, 5) is 41.7. The molecular formula is C20H21N5O4. The molecule has 0 saturated heterocycles. The molecule has 29 heavy (non-hydrogen) atoms. The molecule has 1 aromatic carbocycles. The number of rotatable bonds is 6. The van der Waals surface area contributed by atoms with Crippen molar-refractivity contribution in [1.82, 2.24) is 14.6 Å². The van der Waals surface area contributed by atoms with Crippen LogP contribution in [0.5, 0.6) is 0 Å². The van der Waals surface area contributed by atoms with Gasteiger partial charge in [0.2, 0.25) is 5.91 Å². The Hall–Kier alpha value is -3.75. The Bertz CT molecular complexity index is 1090. The summed E-state index contributed by atoms with van der Waals surface area (Å²) in [6.45, 7) is 5.82. The zero-order valence-electron chi connectivity index (χ0n) is 16.4. The van der Waals surface area contributed by atoms with Crippen LogP contribution in [0, 0.1) is 0 Å². The van der Waals surface area contributed by atoms with Crippen LogP contribution in [0.25, 0.3) is 16.9 Å². The number of aromatic nitrogens is 3. The van der Waals surface area contributed by atoms with Gasteiger partial charge in [0, 0.05) is 30.9 Å². The van der Waals surface area contributed by atoms with E-state index in [1.807, 2.05) is 6.92 Å². The van der Waals surface area contributed by atoms with Crippen LogP contribution in [0.1, 0.15) is 41.5 Å². The van der Waals surface area contributed by atoms with Gasteiger partial charge in [0.1, 0.15) is 11.1 Å². The van der Waals surface area contributed by atoms with Crippen LogP contribution in [0.15, 0.2) is 36.7 Å². The van der Waals surface area contributed by atoms with Crippen LogP contribution in [-0.4, -0.2) is 45.5 Å². The predicted octanol–water partition coefficient (Wildman–Crippen LogP) is 2.04. The molecule has 0 bridgehead atoms. The molecule has 0 unspecified atom stereocenters. The average molecular weight is 395 g/mol. The molecule has 2 N–H and O–H groups in total. The molecule has 0 fully saturated rings. The van der Waals surface area contributed by atoms with Crippen LogP contribution in [0.2, 0.25) is 0 Å². The van der Waals surface area contributed by atoms with Crippen molar-refractivity contribution >= 4 is 29.1 Å². The minimum absolute atomic E-state index is 0.0723. The Labute approximate surface area is 167 Å². The maximum Gasteiger partial charge on any atom is 0.341 e. The molecule has 150 valence electrons. The monoisotopic (exact) mass is 395 g/mol. The second-order valence-electron chi connectivity index (χ2n) is 6.21. The average Bonchev–Trinajstić information content (AvgIpc) is 3.13. The second-order valence-corrected chi connectivity index (χ2v) is 6.21. The summed E-state index contributed by atoms with van der Waals surface area (Å²) in [5.74, 6) is -1.30. The van der Waals surface area contributed by atoms with E-state index < -0.39 is 11.9 Å². The summed E-state index contributed by atoms with van der Waals surface area (Å²) in [5.41, 5.74) is 7.76. The van der Waals surface area contributed by atoms with Crippen molar-refractivity contribution in [2.45, 2.75) is 20.8 Å². The smallest absolute Gasteiger partial charge is 0.341 e. The molecule has 3 aromatic rings. The molecular weight excluding hydrogens is 374 g/mol. The number of nitrogens with two attached hydrogens (primary N) is 1. The number of ether oxygens (including phenoxy) is 1. The van der Waals surface area contributed by atoms with Crippen LogP contribution in [0.3, 0.4) is 0 Å². The highest BCUT2D eigenvalue weighted by Crippen LogP contribution is 2.28. The van der Waals surface area contributed by atoms with Gasteiger partial charge in [-0.1, -0.05) is 12.1 Å². The van der Waals surface area contributed by atoms with Crippen molar-refractivity contribution in [3.63, 3.8) is 0 Å². The lowest BCUT2D eigenvalue weighted by atomic mass is 10.1. The van der Waals surface area contributed by atoms with Gasteiger partial charge in [0.15, 0.2) is 5.65 Å². The number of carbonyl (C=O) groups excluding carboxylic acids is 3. The van der Waals surface area contributed by atoms with E-state index in [0.717, 1.165) is 5.69 Å². The van der Waals surface area contributed by atoms with Crippen LogP contribution < -0.4 is 10.6 Å². The molecule has 2 heterocycles. The number of fused-ring (bicyclic) bond motifs is 1. The fourth-order valence-electron chi connectivity index (χ4n) is 3.13. The normalized spacial score (nSPS) is 10.7. The van der Waals surface area contributed by atoms with Crippen LogP contribution >= 0.6 is 0 Å². The summed E-state index contributed by atoms with van der Waals surface area (Å²) < 4.78 is 6.53. The first-order chi connectivity index (χ1) is 13.9. The van der Waals surface area contributed by atoms with Crippen molar-refractivity contribution < 1.29 is 19.1 Å². The van der Waals surface area contributed by atoms with E-state index in [1.165, 1.54) is 23.8 Å². The number of primary amides is 1. The van der Waals surface area contributed by atoms with E-state index in [0.29, 0.717) is 17.8 Å². The topological polar surface area (TPSA) is 120 Å². The molecule has 0 atom stereocenters. The van der Waals surface area contributed by atoms with Crippen molar-refractivity contribution in [3.05, 3.63) is 47.8 Å². The van der Waals surface area contributed by atoms with Gasteiger partial charge in [-0.15, -0.1) is 0 Å². The summed E-state index contributed by atoms with van der Waals surface area (Å²) in [5, 5.41) is 4.20. The Morgan fingerprint density at radius 3 is 2.34 bits per heavy atom. The molecule has 0 aliphatic heterocycles. The van der Waals surface area contributed by atoms with Gasteiger partial charge in [0.05, 0.1) is 18.5 Å². The van der Waals surface area contributed by atoms with Gasteiger partial charge in [-0.2, -0.15) is 5.10 Å². The lowest BCUT2D eigenvalue weighted by molar-refractivity contribution is -0.116. The van der Waals surface area contributed by atoms with Gasteiger partial charge in [-0.05, 0) is 26.0 Å². The molecule has 0 saturated carbocycles. The van der Waals surface area contributed by atoms with E-state index in [9.17, 15) is 14.4 Å². The molecule has 3 rings (SSSR count). The Balaban J connectivity index is 2.20. The first-order valence-corrected chi connectivity index (χ1v) is 9.11. The fraction of sp³-hybridized carbons (Fsp3) is 0.250. The molecule has 0 aliphatic rings. The first kappa shape index (κ1) is 20.0. The maximum atomic E-state index is 12.5. The van der Waals surface area contributed by atoms with Gasteiger partial charge >= 0.3 is 5.97 Å². The first-order valence-electron chi connectivity index (χ1n) is 9.11. The zero-order valence-corrected chi connectivity index (χ0v) is 16.4. The summed E-state index contributed by atoms with van der Waals surface area (Å²) in [6.07, 6.45) is 2.66. The molecule has 2 amide bonds. The van der Waals surface area contributed by atoms with Crippen molar-refractivity contribution in [2.75, 3.05) is 18.1 Å². The second kappa shape index (κ2) is 8.09. The van der Waals surface area contributed by atoms with Gasteiger partial charge < -0.3 is 15.4 Å². The van der Waals surface area contributed by atoms with E-state index in [4.69, 9.17) is 10.5 Å². The molecule has 2 aromatic heterocycles. The van der Waals surface area contributed by atoms with Gasteiger partial charge in [0.25, 0.3) is 5.91 Å². The number of carbonyl (C=O) groups is 3. The van der Waals surface area contributed by atoms with E-state index in [1.54, 1.807) is 36.1 Å². The Kier molecular flexibility index (Phi) is 5.58. The summed E-state index contributed by atoms with van der Waals surface area (Å²) >= 11 is 0. The Morgan fingerprint density at radius 2 is 1.79 bits per heavy atom. The SMILES string of the molecule is CCOC(=O)c1cnc2c(C(N)=O)cnn2c1-c1ccc(N(CC)C(C)=O)cc1. The third kappa shape index (κ3) is 3.66. The van der Waals surface area contributed by atoms with Crippen LogP contribution in [0.4, 0.5) is 5.69 Å². The van der Waals surface area contributed by atoms with Crippen molar-refractivity contribution in [1.29, 1.82) is 0 Å². The third-order valence-electron chi connectivity index (χ3n) is 4.44. The van der Waals surface area contributed by atoms with E-state index >= 15 is 0 Å². The number of nitrogens with zero attached hydrogens (tertiary/aromatic N) is 4. The lowest BCUT2D eigenvalue weighted by Gasteiger charge is -2.19. The Morgan fingerprint density at radius 1 is 1.10 bits per heavy atom. The minimum atomic E-state index is -0.669. The number of benzene rings is 1. The standard InChI is InChI=1S/C20H21N5O4/c1-4-24(12(3)26)14-8-6-13(7-9-14)17-15(20(28)29-5-2)10-22-19-16(18(21)27)11-23-25(17)19/h6-11H,4-5H2,1-3H3,(H2,21,27). The lowest BCUT2D eigenvalue weighted by Crippen LogP contribution is -2.27. The third-order valence-corrected chi connectivity index (χ3v) is 4.44. The molecule has 0 spiro atoms. The number of hydrogen-bond donors (Lipinski definition) is 1. The van der Waals surface area contributed by atoms with Crippen molar-refractivity contribution in [2.24, 2.45) is 5.73 Å². The summed E-state index contributed by atoms with van der Waals surface area (Å²) in [6, 6.07) is 7.09. The number of hydrogen-bond acceptors (Lipinski definition) is 6. The molecule has 9 heteroatoms. The highest BCUT2D eigenvalue weighted by molar-refractivity contribution is 6.01. The fourth-order valence-corrected chi connectivity index (χ4v) is 3.13. The number of esters is 1.